The number of aromatic hydroxyl groups is 1. The van der Waals surface area contributed by atoms with Crippen LogP contribution in [0.1, 0.15) is 17.9 Å². The van der Waals surface area contributed by atoms with Crippen molar-refractivity contribution in [1.29, 1.82) is 0 Å². The molecule has 1 aromatic rings. The normalized spacial score (nSPS) is 29.9. The quantitative estimate of drug-likeness (QED) is 0.644. The third kappa shape index (κ3) is 1.24. The van der Waals surface area contributed by atoms with E-state index in [0.717, 1.165) is 5.56 Å². The number of carbonyl (C=O) groups is 1. The summed E-state index contributed by atoms with van der Waals surface area (Å²) in [7, 11) is 0. The Bertz CT molecular complexity index is 391. The lowest BCUT2D eigenvalue weighted by Crippen LogP contribution is -2.34. The SMILES string of the molecule is N[C@@]1(C(=O)O)C[C@H]1c1cccc(O)c1. The summed E-state index contributed by atoms with van der Waals surface area (Å²) in [5.41, 5.74) is 5.29. The third-order valence-corrected chi connectivity index (χ3v) is 2.67. The van der Waals surface area contributed by atoms with Crippen molar-refractivity contribution in [2.45, 2.75) is 17.9 Å². The van der Waals surface area contributed by atoms with Crippen molar-refractivity contribution < 1.29 is 15.0 Å². The lowest BCUT2D eigenvalue weighted by Gasteiger charge is -2.05. The van der Waals surface area contributed by atoms with E-state index in [1.54, 1.807) is 24.3 Å². The predicted octanol–water partition coefficient (Wildman–Crippen LogP) is 0.662. The van der Waals surface area contributed by atoms with Crippen LogP contribution in [0.25, 0.3) is 0 Å². The summed E-state index contributed by atoms with van der Waals surface area (Å²) < 4.78 is 0. The lowest BCUT2D eigenvalue weighted by atomic mass is 10.1. The van der Waals surface area contributed by atoms with Gasteiger partial charge in [-0.2, -0.15) is 0 Å². The molecule has 1 aromatic carbocycles. The lowest BCUT2D eigenvalue weighted by molar-refractivity contribution is -0.139. The smallest absolute Gasteiger partial charge is 0.324 e. The molecule has 0 saturated heterocycles. The molecule has 2 atom stereocenters. The molecule has 1 fully saturated rings. The van der Waals surface area contributed by atoms with E-state index in [2.05, 4.69) is 0 Å². The molecule has 0 heterocycles. The maximum absolute atomic E-state index is 10.8. The molecule has 1 saturated carbocycles. The minimum atomic E-state index is -1.13. The van der Waals surface area contributed by atoms with Gasteiger partial charge in [-0.05, 0) is 24.1 Å². The first kappa shape index (κ1) is 9.02. The van der Waals surface area contributed by atoms with E-state index in [9.17, 15) is 9.90 Å². The molecule has 14 heavy (non-hydrogen) atoms. The van der Waals surface area contributed by atoms with Gasteiger partial charge < -0.3 is 15.9 Å². The number of benzene rings is 1. The summed E-state index contributed by atoms with van der Waals surface area (Å²) in [6.07, 6.45) is 0.436. The summed E-state index contributed by atoms with van der Waals surface area (Å²) in [4.78, 5) is 10.8. The van der Waals surface area contributed by atoms with Crippen molar-refractivity contribution >= 4 is 5.97 Å². The zero-order valence-electron chi connectivity index (χ0n) is 7.47. The van der Waals surface area contributed by atoms with Crippen molar-refractivity contribution in [2.24, 2.45) is 5.73 Å². The Morgan fingerprint density at radius 3 is 2.79 bits per heavy atom. The van der Waals surface area contributed by atoms with E-state index in [4.69, 9.17) is 10.8 Å². The Balaban J connectivity index is 2.25. The fourth-order valence-electron chi connectivity index (χ4n) is 1.67. The Hall–Kier alpha value is -1.55. The van der Waals surface area contributed by atoms with Gasteiger partial charge in [0, 0.05) is 5.92 Å². The molecule has 4 heteroatoms. The largest absolute Gasteiger partial charge is 0.508 e. The molecule has 0 bridgehead atoms. The highest BCUT2D eigenvalue weighted by atomic mass is 16.4. The van der Waals surface area contributed by atoms with E-state index in [1.807, 2.05) is 0 Å². The van der Waals surface area contributed by atoms with Crippen LogP contribution >= 0.6 is 0 Å². The number of carboxylic acid groups (broad SMARTS) is 1. The summed E-state index contributed by atoms with van der Waals surface area (Å²) in [6, 6.07) is 6.57. The van der Waals surface area contributed by atoms with Crippen molar-refractivity contribution in [3.63, 3.8) is 0 Å². The van der Waals surface area contributed by atoms with Gasteiger partial charge in [-0.1, -0.05) is 12.1 Å². The number of aliphatic carboxylic acids is 1. The second-order valence-corrected chi connectivity index (χ2v) is 3.70. The molecule has 0 radical (unpaired) electrons. The van der Waals surface area contributed by atoms with Gasteiger partial charge in [0.2, 0.25) is 0 Å². The van der Waals surface area contributed by atoms with Gasteiger partial charge in [0.25, 0.3) is 0 Å². The molecule has 1 aliphatic carbocycles. The maximum Gasteiger partial charge on any atom is 0.324 e. The van der Waals surface area contributed by atoms with E-state index in [-0.39, 0.29) is 11.7 Å². The van der Waals surface area contributed by atoms with Gasteiger partial charge in [-0.3, -0.25) is 4.79 Å². The first-order chi connectivity index (χ1) is 6.54. The zero-order chi connectivity index (χ0) is 10.3. The number of carboxylic acids is 1. The number of hydrogen-bond donors (Lipinski definition) is 3. The number of hydrogen-bond acceptors (Lipinski definition) is 3. The summed E-state index contributed by atoms with van der Waals surface area (Å²) in [5.74, 6) is -1.01. The monoisotopic (exact) mass is 193 g/mol. The molecule has 1 aliphatic rings. The topological polar surface area (TPSA) is 83.6 Å². The third-order valence-electron chi connectivity index (χ3n) is 2.67. The molecule has 2 rings (SSSR count). The van der Waals surface area contributed by atoms with Crippen LogP contribution in [0.2, 0.25) is 0 Å². The zero-order valence-corrected chi connectivity index (χ0v) is 7.47. The van der Waals surface area contributed by atoms with Gasteiger partial charge in [0.05, 0.1) is 0 Å². The highest BCUT2D eigenvalue weighted by molar-refractivity contribution is 5.84. The van der Waals surface area contributed by atoms with Gasteiger partial charge in [0.15, 0.2) is 0 Å². The van der Waals surface area contributed by atoms with Gasteiger partial charge >= 0.3 is 5.97 Å². The second kappa shape index (κ2) is 2.72. The summed E-state index contributed by atoms with van der Waals surface area (Å²) in [5, 5.41) is 18.0. The number of nitrogens with two attached hydrogens (primary N) is 1. The van der Waals surface area contributed by atoms with Crippen LogP contribution in [0.3, 0.4) is 0 Å². The molecular weight excluding hydrogens is 182 g/mol. The standard InChI is InChI=1S/C10H11NO3/c11-10(9(13)14)5-8(10)6-2-1-3-7(12)4-6/h1-4,8,12H,5,11H2,(H,13,14)/t8-,10-/m0/s1. The fourth-order valence-corrected chi connectivity index (χ4v) is 1.67. The van der Waals surface area contributed by atoms with Crippen LogP contribution in [0.15, 0.2) is 24.3 Å². The summed E-state index contributed by atoms with van der Waals surface area (Å²) >= 11 is 0. The van der Waals surface area contributed by atoms with Crippen LogP contribution in [-0.2, 0) is 4.79 Å². The second-order valence-electron chi connectivity index (χ2n) is 3.70. The summed E-state index contributed by atoms with van der Waals surface area (Å²) in [6.45, 7) is 0. The maximum atomic E-state index is 10.8. The molecule has 0 aromatic heterocycles. The average molecular weight is 193 g/mol. The Labute approximate surface area is 81.0 Å². The van der Waals surface area contributed by atoms with E-state index >= 15 is 0 Å². The first-order valence-corrected chi connectivity index (χ1v) is 4.35. The van der Waals surface area contributed by atoms with Crippen molar-refractivity contribution in [1.82, 2.24) is 0 Å². The molecule has 0 unspecified atom stereocenters. The van der Waals surface area contributed by atoms with Crippen LogP contribution in [0.4, 0.5) is 0 Å². The van der Waals surface area contributed by atoms with Crippen LogP contribution in [0.5, 0.6) is 5.75 Å². The van der Waals surface area contributed by atoms with Gasteiger partial charge in [-0.25, -0.2) is 0 Å². The van der Waals surface area contributed by atoms with Gasteiger partial charge in [0.1, 0.15) is 11.3 Å². The molecule has 4 N–H and O–H groups in total. The van der Waals surface area contributed by atoms with Gasteiger partial charge in [-0.15, -0.1) is 0 Å². The molecule has 0 amide bonds. The van der Waals surface area contributed by atoms with E-state index in [1.165, 1.54) is 0 Å². The van der Waals surface area contributed by atoms with Crippen LogP contribution in [-0.4, -0.2) is 21.7 Å². The molecule has 74 valence electrons. The minimum Gasteiger partial charge on any atom is -0.508 e. The Morgan fingerprint density at radius 1 is 1.57 bits per heavy atom. The highest BCUT2D eigenvalue weighted by Gasteiger charge is 2.58. The van der Waals surface area contributed by atoms with Crippen molar-refractivity contribution in [3.8, 4) is 5.75 Å². The fraction of sp³-hybridized carbons (Fsp3) is 0.300. The van der Waals surface area contributed by atoms with Crippen molar-refractivity contribution in [3.05, 3.63) is 29.8 Å². The number of rotatable bonds is 2. The number of phenols is 1. The van der Waals surface area contributed by atoms with E-state index in [0.29, 0.717) is 6.42 Å². The van der Waals surface area contributed by atoms with Crippen LogP contribution < -0.4 is 5.73 Å². The molecular formula is C10H11NO3. The average Bonchev–Trinajstić information content (AvgIpc) is 2.80. The predicted molar refractivity (Wildman–Crippen MR) is 50.0 cm³/mol. The Kier molecular flexibility index (Phi) is 1.75. The highest BCUT2D eigenvalue weighted by Crippen LogP contribution is 2.49. The van der Waals surface area contributed by atoms with Crippen LogP contribution in [0, 0.1) is 0 Å². The molecule has 0 aliphatic heterocycles. The van der Waals surface area contributed by atoms with Crippen molar-refractivity contribution in [2.75, 3.05) is 0 Å². The molecule has 4 nitrogen and oxygen atoms in total. The molecule has 0 spiro atoms. The number of phenolic OH excluding ortho intramolecular Hbond substituents is 1. The Morgan fingerprint density at radius 2 is 2.29 bits per heavy atom. The minimum absolute atomic E-state index is 0.141. The van der Waals surface area contributed by atoms with E-state index < -0.39 is 11.5 Å². The first-order valence-electron chi connectivity index (χ1n) is 4.35.